The fourth-order valence-electron chi connectivity index (χ4n) is 1.46. The summed E-state index contributed by atoms with van der Waals surface area (Å²) < 4.78 is 4.60. The smallest absolute Gasteiger partial charge is 0.358 e. The van der Waals surface area contributed by atoms with Crippen molar-refractivity contribution in [1.82, 2.24) is 9.97 Å². The number of pyridine rings is 2. The highest BCUT2D eigenvalue weighted by Gasteiger charge is 2.17. The first-order valence-corrected chi connectivity index (χ1v) is 5.95. The number of hydrogen-bond donors (Lipinski definition) is 1. The van der Waals surface area contributed by atoms with Gasteiger partial charge in [-0.1, -0.05) is 29.3 Å². The van der Waals surface area contributed by atoms with Crippen LogP contribution in [0.2, 0.25) is 10.2 Å². The lowest BCUT2D eigenvalue weighted by Crippen LogP contribution is -2.08. The summed E-state index contributed by atoms with van der Waals surface area (Å²) in [5, 5.41) is 0.366. The average Bonchev–Trinajstić information content (AvgIpc) is 2.40. The molecule has 19 heavy (non-hydrogen) atoms. The van der Waals surface area contributed by atoms with E-state index in [-0.39, 0.29) is 16.4 Å². The Labute approximate surface area is 119 Å². The van der Waals surface area contributed by atoms with Gasteiger partial charge < -0.3 is 10.5 Å². The molecule has 0 amide bonds. The van der Waals surface area contributed by atoms with E-state index < -0.39 is 5.97 Å². The zero-order chi connectivity index (χ0) is 14.0. The zero-order valence-electron chi connectivity index (χ0n) is 9.85. The van der Waals surface area contributed by atoms with Gasteiger partial charge >= 0.3 is 5.97 Å². The Hall–Kier alpha value is -1.85. The molecule has 0 radical (unpaired) electrons. The molecule has 98 valence electrons. The summed E-state index contributed by atoms with van der Waals surface area (Å²) in [4.78, 5) is 19.8. The van der Waals surface area contributed by atoms with Crippen LogP contribution in [0.3, 0.4) is 0 Å². The van der Waals surface area contributed by atoms with E-state index in [2.05, 4.69) is 14.7 Å². The first kappa shape index (κ1) is 13.6. The molecule has 7 heteroatoms. The van der Waals surface area contributed by atoms with Gasteiger partial charge in [-0.05, 0) is 18.2 Å². The van der Waals surface area contributed by atoms with Gasteiger partial charge in [-0.15, -0.1) is 0 Å². The van der Waals surface area contributed by atoms with Gasteiger partial charge in [0.05, 0.1) is 29.2 Å². The van der Waals surface area contributed by atoms with E-state index in [0.29, 0.717) is 16.5 Å². The van der Waals surface area contributed by atoms with Crippen LogP contribution in [-0.4, -0.2) is 23.0 Å². The number of rotatable bonds is 2. The number of esters is 1. The van der Waals surface area contributed by atoms with Gasteiger partial charge in [0.15, 0.2) is 5.69 Å². The van der Waals surface area contributed by atoms with Gasteiger partial charge in [-0.25, -0.2) is 14.8 Å². The Morgan fingerprint density at radius 1 is 1.26 bits per heavy atom. The van der Waals surface area contributed by atoms with Crippen molar-refractivity contribution in [2.45, 2.75) is 0 Å². The molecule has 0 unspecified atom stereocenters. The van der Waals surface area contributed by atoms with E-state index >= 15 is 0 Å². The van der Waals surface area contributed by atoms with E-state index in [1.165, 1.54) is 13.2 Å². The molecule has 0 aliphatic rings. The van der Waals surface area contributed by atoms with Crippen molar-refractivity contribution in [3.63, 3.8) is 0 Å². The normalized spacial score (nSPS) is 10.3. The molecule has 0 aromatic carbocycles. The molecule has 2 rings (SSSR count). The highest BCUT2D eigenvalue weighted by molar-refractivity contribution is 6.35. The average molecular weight is 298 g/mol. The van der Waals surface area contributed by atoms with Gasteiger partial charge in [0.1, 0.15) is 5.15 Å². The quantitative estimate of drug-likeness (QED) is 0.681. The largest absolute Gasteiger partial charge is 0.464 e. The summed E-state index contributed by atoms with van der Waals surface area (Å²) in [5.74, 6) is -0.666. The molecule has 0 saturated carbocycles. The maximum absolute atomic E-state index is 11.6. The SMILES string of the molecule is COC(=O)c1nc(-c2cccc(Cl)n2)cc(N)c1Cl. The minimum Gasteiger partial charge on any atom is -0.464 e. The summed E-state index contributed by atoms with van der Waals surface area (Å²) in [7, 11) is 1.24. The predicted molar refractivity (Wildman–Crippen MR) is 73.2 cm³/mol. The fraction of sp³-hybridized carbons (Fsp3) is 0.0833. The Morgan fingerprint density at radius 3 is 2.63 bits per heavy atom. The molecule has 0 aliphatic heterocycles. The third-order valence-corrected chi connectivity index (χ3v) is 2.95. The lowest BCUT2D eigenvalue weighted by Gasteiger charge is -2.08. The number of aromatic nitrogens is 2. The van der Waals surface area contributed by atoms with Crippen LogP contribution in [0.4, 0.5) is 5.69 Å². The second-order valence-corrected chi connectivity index (χ2v) is 4.36. The molecule has 0 fully saturated rings. The van der Waals surface area contributed by atoms with E-state index in [1.807, 2.05) is 0 Å². The molecule has 0 aliphatic carbocycles. The van der Waals surface area contributed by atoms with Gasteiger partial charge in [0.2, 0.25) is 0 Å². The monoisotopic (exact) mass is 297 g/mol. The molecule has 2 heterocycles. The maximum Gasteiger partial charge on any atom is 0.358 e. The maximum atomic E-state index is 11.6. The van der Waals surface area contributed by atoms with Crippen molar-refractivity contribution in [3.8, 4) is 11.4 Å². The Morgan fingerprint density at radius 2 is 2.00 bits per heavy atom. The molecule has 5 nitrogen and oxygen atoms in total. The zero-order valence-corrected chi connectivity index (χ0v) is 11.4. The van der Waals surface area contributed by atoms with Crippen molar-refractivity contribution < 1.29 is 9.53 Å². The van der Waals surface area contributed by atoms with Crippen molar-refractivity contribution in [2.24, 2.45) is 0 Å². The number of nitrogens with two attached hydrogens (primary N) is 1. The van der Waals surface area contributed by atoms with Gasteiger partial charge in [0.25, 0.3) is 0 Å². The predicted octanol–water partition coefficient (Wildman–Crippen LogP) is 2.82. The van der Waals surface area contributed by atoms with E-state index in [4.69, 9.17) is 28.9 Å². The first-order valence-electron chi connectivity index (χ1n) is 5.20. The number of hydrogen-bond acceptors (Lipinski definition) is 5. The van der Waals surface area contributed by atoms with Crippen LogP contribution in [0, 0.1) is 0 Å². The third-order valence-electron chi connectivity index (χ3n) is 2.34. The standard InChI is InChI=1S/C12H9Cl2N3O2/c1-19-12(18)11-10(14)6(15)5-8(17-11)7-3-2-4-9(13)16-7/h2-5H,1H3,(H2,15,17). The van der Waals surface area contributed by atoms with Crippen LogP contribution in [-0.2, 0) is 4.74 Å². The lowest BCUT2D eigenvalue weighted by atomic mass is 10.2. The van der Waals surface area contributed by atoms with Crippen molar-refractivity contribution in [1.29, 1.82) is 0 Å². The van der Waals surface area contributed by atoms with Crippen LogP contribution in [0.15, 0.2) is 24.3 Å². The van der Waals surface area contributed by atoms with Gasteiger partial charge in [0, 0.05) is 0 Å². The molecule has 2 N–H and O–H groups in total. The molecular formula is C12H9Cl2N3O2. The number of nitrogen functional groups attached to an aromatic ring is 1. The lowest BCUT2D eigenvalue weighted by molar-refractivity contribution is 0.0594. The number of carbonyl (C=O) groups excluding carboxylic acids is 1. The number of anilines is 1. The van der Waals surface area contributed by atoms with E-state index in [1.54, 1.807) is 18.2 Å². The Bertz CT molecular complexity index is 647. The minimum absolute atomic E-state index is 0.0534. The summed E-state index contributed by atoms with van der Waals surface area (Å²) in [5.41, 5.74) is 6.79. The topological polar surface area (TPSA) is 78.1 Å². The van der Waals surface area contributed by atoms with Crippen molar-refractivity contribution >= 4 is 34.9 Å². The number of methoxy groups -OCH3 is 1. The van der Waals surface area contributed by atoms with Crippen LogP contribution in [0.1, 0.15) is 10.5 Å². The molecule has 0 spiro atoms. The molecule has 0 saturated heterocycles. The van der Waals surface area contributed by atoms with Crippen LogP contribution in [0.25, 0.3) is 11.4 Å². The van der Waals surface area contributed by atoms with Gasteiger partial charge in [-0.2, -0.15) is 0 Å². The number of carbonyl (C=O) groups is 1. The highest BCUT2D eigenvalue weighted by atomic mass is 35.5. The second kappa shape index (κ2) is 5.42. The second-order valence-electron chi connectivity index (χ2n) is 3.60. The van der Waals surface area contributed by atoms with Gasteiger partial charge in [-0.3, -0.25) is 0 Å². The summed E-state index contributed by atoms with van der Waals surface area (Å²) >= 11 is 11.7. The van der Waals surface area contributed by atoms with Crippen LogP contribution in [0.5, 0.6) is 0 Å². The minimum atomic E-state index is -0.666. The molecule has 0 bridgehead atoms. The van der Waals surface area contributed by atoms with E-state index in [0.717, 1.165) is 0 Å². The number of halogens is 2. The third kappa shape index (κ3) is 2.77. The Balaban J connectivity index is 2.60. The summed E-state index contributed by atoms with van der Waals surface area (Å²) in [6.07, 6.45) is 0. The summed E-state index contributed by atoms with van der Waals surface area (Å²) in [6, 6.07) is 6.57. The summed E-state index contributed by atoms with van der Waals surface area (Å²) in [6.45, 7) is 0. The number of ether oxygens (including phenoxy) is 1. The first-order chi connectivity index (χ1) is 9.02. The fourth-order valence-corrected chi connectivity index (χ4v) is 1.80. The molecule has 0 atom stereocenters. The van der Waals surface area contributed by atoms with Crippen molar-refractivity contribution in [2.75, 3.05) is 12.8 Å². The molecule has 2 aromatic rings. The van der Waals surface area contributed by atoms with Crippen LogP contribution >= 0.6 is 23.2 Å². The Kier molecular flexibility index (Phi) is 3.87. The molecule has 2 aromatic heterocycles. The number of nitrogens with zero attached hydrogens (tertiary/aromatic N) is 2. The molecular weight excluding hydrogens is 289 g/mol. The van der Waals surface area contributed by atoms with E-state index in [9.17, 15) is 4.79 Å². The van der Waals surface area contributed by atoms with Crippen molar-refractivity contribution in [3.05, 3.63) is 40.1 Å². The van der Waals surface area contributed by atoms with Crippen LogP contribution < -0.4 is 5.73 Å². The highest BCUT2D eigenvalue weighted by Crippen LogP contribution is 2.28.